The van der Waals surface area contributed by atoms with Crippen LogP contribution >= 0.6 is 0 Å². The molecule has 0 aliphatic rings. The number of esters is 1. The fourth-order valence-corrected chi connectivity index (χ4v) is 1.41. The van der Waals surface area contributed by atoms with Gasteiger partial charge in [0.1, 0.15) is 5.56 Å². The predicted octanol–water partition coefficient (Wildman–Crippen LogP) is 0.882. The highest BCUT2D eigenvalue weighted by atomic mass is 16.5. The van der Waals surface area contributed by atoms with Crippen LogP contribution in [0.4, 0.5) is 5.69 Å². The normalized spacial score (nSPS) is 10.3. The average Bonchev–Trinajstić information content (AvgIpc) is 2.46. The van der Waals surface area contributed by atoms with Crippen LogP contribution in [-0.2, 0) is 14.2 Å². The summed E-state index contributed by atoms with van der Waals surface area (Å²) in [6.07, 6.45) is 2.10. The third kappa shape index (κ3) is 5.41. The lowest BCUT2D eigenvalue weighted by Gasteiger charge is -2.09. The molecule has 2 N–H and O–H groups in total. The van der Waals surface area contributed by atoms with E-state index in [1.165, 1.54) is 19.4 Å². The number of methoxy groups -OCH3 is 2. The minimum Gasteiger partial charge on any atom is -0.477 e. The first-order valence-electron chi connectivity index (χ1n) is 6.22. The number of rotatable bonds is 9. The third-order valence-corrected chi connectivity index (χ3v) is 2.38. The first-order chi connectivity index (χ1) is 9.69. The molecule has 0 aliphatic heterocycles. The van der Waals surface area contributed by atoms with Gasteiger partial charge in [-0.25, -0.2) is 9.78 Å². The molecular formula is C13H20N2O5. The molecule has 0 aromatic carbocycles. The monoisotopic (exact) mass is 284 g/mol. The van der Waals surface area contributed by atoms with E-state index in [0.29, 0.717) is 38.5 Å². The fraction of sp³-hybridized carbons (Fsp3) is 0.538. The number of nitrogens with two attached hydrogens (primary N) is 1. The Morgan fingerprint density at radius 1 is 1.25 bits per heavy atom. The molecule has 0 radical (unpaired) electrons. The first-order valence-corrected chi connectivity index (χ1v) is 6.22. The molecule has 0 amide bonds. The number of ether oxygens (including phenoxy) is 4. The zero-order chi connectivity index (χ0) is 14.8. The van der Waals surface area contributed by atoms with Crippen molar-refractivity contribution in [3.63, 3.8) is 0 Å². The fourth-order valence-electron chi connectivity index (χ4n) is 1.41. The standard InChI is InChI=1S/C13H20N2O5/c1-17-6-7-19-4-3-5-20-12-11(13(16)18-2)8-10(14)9-15-12/h8-9H,3-7,14H2,1-2H3. The van der Waals surface area contributed by atoms with Gasteiger partial charge in [-0.1, -0.05) is 0 Å². The van der Waals surface area contributed by atoms with Crippen molar-refractivity contribution in [1.29, 1.82) is 0 Å². The lowest BCUT2D eigenvalue weighted by atomic mass is 10.2. The van der Waals surface area contributed by atoms with E-state index in [-0.39, 0.29) is 11.4 Å². The summed E-state index contributed by atoms with van der Waals surface area (Å²) in [7, 11) is 2.91. The molecule has 0 fully saturated rings. The number of hydrogen-bond donors (Lipinski definition) is 1. The topological polar surface area (TPSA) is 92.9 Å². The quantitative estimate of drug-likeness (QED) is 0.531. The van der Waals surface area contributed by atoms with Gasteiger partial charge in [0.15, 0.2) is 0 Å². The van der Waals surface area contributed by atoms with E-state index in [4.69, 9.17) is 19.9 Å². The minimum atomic E-state index is -0.531. The maximum atomic E-state index is 11.6. The SMILES string of the molecule is COCCOCCCOc1ncc(N)cc1C(=O)OC. The summed E-state index contributed by atoms with van der Waals surface area (Å²) in [6.45, 7) is 2.04. The molecule has 0 spiro atoms. The van der Waals surface area contributed by atoms with Crippen LogP contribution in [0.5, 0.6) is 5.88 Å². The maximum Gasteiger partial charge on any atom is 0.343 e. The van der Waals surface area contributed by atoms with Crippen molar-refractivity contribution < 1.29 is 23.7 Å². The number of aromatic nitrogens is 1. The van der Waals surface area contributed by atoms with Gasteiger partial charge in [0.2, 0.25) is 5.88 Å². The van der Waals surface area contributed by atoms with Crippen LogP contribution < -0.4 is 10.5 Å². The zero-order valence-corrected chi connectivity index (χ0v) is 11.8. The number of nitrogens with zero attached hydrogens (tertiary/aromatic N) is 1. The smallest absolute Gasteiger partial charge is 0.343 e. The van der Waals surface area contributed by atoms with Crippen LogP contribution in [0.1, 0.15) is 16.8 Å². The molecule has 1 heterocycles. The Hall–Kier alpha value is -1.86. The Morgan fingerprint density at radius 2 is 2.05 bits per heavy atom. The number of nitrogen functional groups attached to an aromatic ring is 1. The largest absolute Gasteiger partial charge is 0.477 e. The maximum absolute atomic E-state index is 11.6. The van der Waals surface area contributed by atoms with Crippen LogP contribution in [0.25, 0.3) is 0 Å². The molecule has 20 heavy (non-hydrogen) atoms. The van der Waals surface area contributed by atoms with Crippen molar-refractivity contribution >= 4 is 11.7 Å². The van der Waals surface area contributed by atoms with Gasteiger partial charge in [-0.15, -0.1) is 0 Å². The Labute approximate surface area is 118 Å². The van der Waals surface area contributed by atoms with Gasteiger partial charge in [-0.2, -0.15) is 0 Å². The molecule has 0 saturated heterocycles. The summed E-state index contributed by atoms with van der Waals surface area (Å²) in [6, 6.07) is 1.48. The van der Waals surface area contributed by atoms with Crippen molar-refractivity contribution in [2.24, 2.45) is 0 Å². The summed E-state index contributed by atoms with van der Waals surface area (Å²) >= 11 is 0. The molecule has 7 nitrogen and oxygen atoms in total. The van der Waals surface area contributed by atoms with E-state index in [1.807, 2.05) is 0 Å². The van der Waals surface area contributed by atoms with Crippen molar-refractivity contribution in [2.75, 3.05) is 46.4 Å². The summed E-state index contributed by atoms with van der Waals surface area (Å²) in [5, 5.41) is 0. The highest BCUT2D eigenvalue weighted by Crippen LogP contribution is 2.18. The van der Waals surface area contributed by atoms with Gasteiger partial charge in [0.25, 0.3) is 0 Å². The number of carbonyl (C=O) groups is 1. The summed E-state index contributed by atoms with van der Waals surface area (Å²) in [4.78, 5) is 15.5. The number of anilines is 1. The van der Waals surface area contributed by atoms with E-state index in [2.05, 4.69) is 9.72 Å². The Morgan fingerprint density at radius 3 is 2.75 bits per heavy atom. The molecule has 1 rings (SSSR count). The lowest BCUT2D eigenvalue weighted by molar-refractivity contribution is 0.0587. The van der Waals surface area contributed by atoms with Gasteiger partial charge < -0.3 is 24.7 Å². The molecule has 0 aliphatic carbocycles. The molecule has 0 atom stereocenters. The Kier molecular flexibility index (Phi) is 7.38. The van der Waals surface area contributed by atoms with Crippen LogP contribution in [0.3, 0.4) is 0 Å². The highest BCUT2D eigenvalue weighted by molar-refractivity contribution is 5.92. The summed E-state index contributed by atoms with van der Waals surface area (Å²) in [5.41, 5.74) is 6.18. The second-order valence-electron chi connectivity index (χ2n) is 3.92. The zero-order valence-electron chi connectivity index (χ0n) is 11.8. The summed E-state index contributed by atoms with van der Waals surface area (Å²) < 4.78 is 20.2. The van der Waals surface area contributed by atoms with Crippen LogP contribution in [0.2, 0.25) is 0 Å². The van der Waals surface area contributed by atoms with Gasteiger partial charge in [-0.3, -0.25) is 0 Å². The van der Waals surface area contributed by atoms with Crippen molar-refractivity contribution in [3.05, 3.63) is 17.8 Å². The second kappa shape index (κ2) is 9.11. The van der Waals surface area contributed by atoms with Crippen LogP contribution in [-0.4, -0.2) is 51.6 Å². The molecular weight excluding hydrogens is 264 g/mol. The molecule has 0 saturated carbocycles. The molecule has 0 bridgehead atoms. The van der Waals surface area contributed by atoms with Crippen LogP contribution in [0.15, 0.2) is 12.3 Å². The van der Waals surface area contributed by atoms with Crippen LogP contribution in [0, 0.1) is 0 Å². The number of pyridine rings is 1. The first kappa shape index (κ1) is 16.2. The van der Waals surface area contributed by atoms with E-state index in [0.717, 1.165) is 0 Å². The molecule has 1 aromatic heterocycles. The second-order valence-corrected chi connectivity index (χ2v) is 3.92. The average molecular weight is 284 g/mol. The lowest BCUT2D eigenvalue weighted by Crippen LogP contribution is -2.11. The van der Waals surface area contributed by atoms with Gasteiger partial charge in [0.05, 0.1) is 38.8 Å². The number of carbonyl (C=O) groups excluding carboxylic acids is 1. The Balaban J connectivity index is 2.41. The van der Waals surface area contributed by atoms with Gasteiger partial charge >= 0.3 is 5.97 Å². The minimum absolute atomic E-state index is 0.211. The predicted molar refractivity (Wildman–Crippen MR) is 72.8 cm³/mol. The number of hydrogen-bond acceptors (Lipinski definition) is 7. The van der Waals surface area contributed by atoms with Crippen molar-refractivity contribution in [3.8, 4) is 5.88 Å². The van der Waals surface area contributed by atoms with Crippen molar-refractivity contribution in [1.82, 2.24) is 4.98 Å². The Bertz CT molecular complexity index is 425. The molecule has 0 unspecified atom stereocenters. The van der Waals surface area contributed by atoms with E-state index in [1.54, 1.807) is 7.11 Å². The van der Waals surface area contributed by atoms with E-state index >= 15 is 0 Å². The van der Waals surface area contributed by atoms with Gasteiger partial charge in [-0.05, 0) is 6.07 Å². The van der Waals surface area contributed by atoms with Gasteiger partial charge in [0, 0.05) is 20.1 Å². The van der Waals surface area contributed by atoms with E-state index < -0.39 is 5.97 Å². The third-order valence-electron chi connectivity index (χ3n) is 2.38. The summed E-state index contributed by atoms with van der Waals surface area (Å²) in [5.74, 6) is -0.320. The molecule has 1 aromatic rings. The van der Waals surface area contributed by atoms with Crippen molar-refractivity contribution in [2.45, 2.75) is 6.42 Å². The molecule has 112 valence electrons. The van der Waals surface area contributed by atoms with E-state index in [9.17, 15) is 4.79 Å². The molecule has 7 heteroatoms. The highest BCUT2D eigenvalue weighted by Gasteiger charge is 2.15.